The molecule has 4 aliphatic carbocycles. The van der Waals surface area contributed by atoms with Gasteiger partial charge in [0.25, 0.3) is 0 Å². The molecule has 8 heteroatoms. The Bertz CT molecular complexity index is 1200. The van der Waals surface area contributed by atoms with E-state index >= 15 is 0 Å². The van der Waals surface area contributed by atoms with Crippen LogP contribution in [0.1, 0.15) is 115 Å². The molecule has 47 heavy (non-hydrogen) atoms. The van der Waals surface area contributed by atoms with E-state index in [0.29, 0.717) is 31.0 Å². The molecule has 4 fully saturated rings. The van der Waals surface area contributed by atoms with Crippen molar-refractivity contribution in [1.29, 1.82) is 0 Å². The fourth-order valence-corrected chi connectivity index (χ4v) is 13.5. The Kier molecular flexibility index (Phi) is 9.69. The van der Waals surface area contributed by atoms with Crippen molar-refractivity contribution in [2.75, 3.05) is 13.2 Å². The predicted molar refractivity (Wildman–Crippen MR) is 203 cm³/mol. The van der Waals surface area contributed by atoms with Gasteiger partial charge in [0.15, 0.2) is 30.7 Å². The first-order chi connectivity index (χ1) is 21.1. The highest BCUT2D eigenvalue weighted by molar-refractivity contribution is 6.75. The number of rotatable bonds is 6. The molecule has 1 spiro atoms. The van der Waals surface area contributed by atoms with E-state index in [-0.39, 0.29) is 44.3 Å². The first-order valence-corrected chi connectivity index (χ1v) is 27.9. The Hall–Kier alpha value is 0.191. The van der Waals surface area contributed by atoms with Crippen LogP contribution >= 0.6 is 0 Å². The minimum Gasteiger partial charge on any atom is -0.414 e. The summed E-state index contributed by atoms with van der Waals surface area (Å²) in [4.78, 5) is 0. The van der Waals surface area contributed by atoms with Crippen molar-refractivity contribution < 1.29 is 22.8 Å². The minimum atomic E-state index is -2.10. The maximum absolute atomic E-state index is 7.73. The van der Waals surface area contributed by atoms with Crippen LogP contribution in [-0.2, 0) is 22.8 Å². The highest BCUT2D eigenvalue weighted by atomic mass is 28.4. The minimum absolute atomic E-state index is 0.0623. The summed E-state index contributed by atoms with van der Waals surface area (Å²) in [5.74, 6) is 0.736. The van der Waals surface area contributed by atoms with Gasteiger partial charge in [-0.15, -0.1) is 0 Å². The van der Waals surface area contributed by atoms with Gasteiger partial charge in [-0.3, -0.25) is 0 Å². The monoisotopic (exact) mass is 706 g/mol. The Morgan fingerprint density at radius 2 is 1.21 bits per heavy atom. The van der Waals surface area contributed by atoms with Crippen molar-refractivity contribution in [2.45, 2.75) is 193 Å². The molecule has 0 aromatic carbocycles. The van der Waals surface area contributed by atoms with Crippen molar-refractivity contribution in [3.63, 3.8) is 0 Å². The molecule has 0 bridgehead atoms. The van der Waals surface area contributed by atoms with E-state index in [9.17, 15) is 0 Å². The zero-order valence-corrected chi connectivity index (χ0v) is 36.7. The summed E-state index contributed by atoms with van der Waals surface area (Å²) in [6.45, 7) is 42.6. The van der Waals surface area contributed by atoms with Crippen LogP contribution in [0.15, 0.2) is 11.6 Å². The van der Waals surface area contributed by atoms with Crippen LogP contribution in [0.2, 0.25) is 54.4 Å². The van der Waals surface area contributed by atoms with E-state index in [4.69, 9.17) is 22.8 Å². The van der Waals surface area contributed by atoms with Crippen LogP contribution in [0, 0.1) is 28.6 Å². The van der Waals surface area contributed by atoms with Gasteiger partial charge in [0, 0.05) is 24.0 Å². The molecular weight excluding hydrogens is 633 g/mol. The summed E-state index contributed by atoms with van der Waals surface area (Å²) >= 11 is 0. The molecule has 0 unspecified atom stereocenters. The fraction of sp³-hybridized carbons (Fsp3) is 0.949. The van der Waals surface area contributed by atoms with Crippen molar-refractivity contribution in [3.05, 3.63) is 11.6 Å². The number of fused-ring (bicyclic) bond motifs is 6. The fourth-order valence-electron chi connectivity index (χ4n) is 9.54. The maximum Gasteiger partial charge on any atom is 0.192 e. The Morgan fingerprint density at radius 3 is 1.74 bits per heavy atom. The predicted octanol–water partition coefficient (Wildman–Crippen LogP) is 11.1. The molecule has 0 radical (unpaired) electrons. The molecule has 0 aromatic rings. The number of hydrogen-bond donors (Lipinski definition) is 0. The van der Waals surface area contributed by atoms with E-state index in [2.05, 4.69) is 122 Å². The third-order valence-electron chi connectivity index (χ3n) is 15.5. The topological polar surface area (TPSA) is 46.2 Å². The second kappa shape index (κ2) is 11.9. The third kappa shape index (κ3) is 6.35. The summed E-state index contributed by atoms with van der Waals surface area (Å²) < 4.78 is 35.9. The molecular formula is C39H74O5Si3. The second-order valence-corrected chi connectivity index (χ2v) is 35.7. The maximum atomic E-state index is 7.73. The molecule has 1 aliphatic heterocycles. The SMILES string of the molecule is CC(C)(C)[Si](C)(C)O[C@H]1CC[C@@]2(C)C(=C[C@H](O[Si](C)(C)C(C)(C)C)[C@@H]3[C@@H]2[C@@H](O[Si](C)(C)C(C)(C)C)C[C@@]2(C)[C@H]3CCC23OCCO3)C1. The molecule has 0 N–H and O–H groups in total. The standard InChI is InChI=1S/C39H74O5Si3/c1-34(2,3)45(12,13)42-28-18-20-37(10)27(24-28)25-30(43-46(14,15)35(4,5)6)32-29-19-21-39(40-22-23-41-39)38(29,11)26-31(33(32)37)44-47(16,17)36(7,8)9/h25,28-33H,18-24,26H2,1-17H3/t28-,29-,30-,31-,32+,33-,37-,38-/m0/s1. The average Bonchev–Trinajstić information content (AvgIpc) is 3.47. The van der Waals surface area contributed by atoms with E-state index in [0.717, 1.165) is 38.5 Å². The zero-order chi connectivity index (χ0) is 35.4. The molecule has 5 nitrogen and oxygen atoms in total. The van der Waals surface area contributed by atoms with Gasteiger partial charge in [-0.2, -0.15) is 0 Å². The van der Waals surface area contributed by atoms with E-state index < -0.39 is 30.7 Å². The quantitative estimate of drug-likeness (QED) is 0.203. The Balaban J connectivity index is 1.65. The first-order valence-electron chi connectivity index (χ1n) is 19.1. The first kappa shape index (κ1) is 38.4. The van der Waals surface area contributed by atoms with Gasteiger partial charge in [0.05, 0.1) is 19.3 Å². The Morgan fingerprint density at radius 1 is 0.702 bits per heavy atom. The molecule has 272 valence electrons. The zero-order valence-electron chi connectivity index (χ0n) is 33.7. The lowest BCUT2D eigenvalue weighted by Crippen LogP contribution is -2.65. The van der Waals surface area contributed by atoms with Crippen LogP contribution in [0.3, 0.4) is 0 Å². The van der Waals surface area contributed by atoms with Crippen LogP contribution < -0.4 is 0 Å². The summed E-state index contributed by atoms with van der Waals surface area (Å²) in [7, 11) is -6.10. The van der Waals surface area contributed by atoms with Crippen LogP contribution in [0.4, 0.5) is 0 Å². The van der Waals surface area contributed by atoms with Gasteiger partial charge in [-0.1, -0.05) is 87.8 Å². The largest absolute Gasteiger partial charge is 0.414 e. The van der Waals surface area contributed by atoms with Crippen molar-refractivity contribution in [2.24, 2.45) is 28.6 Å². The molecule has 3 saturated carbocycles. The highest BCUT2D eigenvalue weighted by Gasteiger charge is 2.71. The lowest BCUT2D eigenvalue weighted by molar-refractivity contribution is -0.259. The molecule has 1 heterocycles. The van der Waals surface area contributed by atoms with Gasteiger partial charge in [0.1, 0.15) is 0 Å². The molecule has 5 aliphatic rings. The smallest absolute Gasteiger partial charge is 0.192 e. The number of hydrogen-bond acceptors (Lipinski definition) is 5. The normalized spacial score (nSPS) is 38.2. The van der Waals surface area contributed by atoms with Crippen LogP contribution in [0.25, 0.3) is 0 Å². The van der Waals surface area contributed by atoms with Gasteiger partial charge < -0.3 is 22.8 Å². The van der Waals surface area contributed by atoms with Crippen LogP contribution in [0.5, 0.6) is 0 Å². The van der Waals surface area contributed by atoms with E-state index in [1.54, 1.807) is 5.57 Å². The van der Waals surface area contributed by atoms with Crippen molar-refractivity contribution in [3.8, 4) is 0 Å². The Labute approximate surface area is 293 Å². The third-order valence-corrected chi connectivity index (χ3v) is 29.0. The van der Waals surface area contributed by atoms with E-state index in [1.165, 1.54) is 0 Å². The van der Waals surface area contributed by atoms with Gasteiger partial charge >= 0.3 is 0 Å². The summed E-state index contributed by atoms with van der Waals surface area (Å²) in [5, 5.41) is 0.465. The molecule has 5 rings (SSSR count). The lowest BCUT2D eigenvalue weighted by Gasteiger charge is -2.64. The lowest BCUT2D eigenvalue weighted by atomic mass is 9.46. The van der Waals surface area contributed by atoms with Gasteiger partial charge in [-0.25, -0.2) is 0 Å². The molecule has 0 amide bonds. The van der Waals surface area contributed by atoms with Crippen molar-refractivity contribution >= 4 is 25.0 Å². The molecule has 8 atom stereocenters. The van der Waals surface area contributed by atoms with E-state index in [1.807, 2.05) is 0 Å². The highest BCUT2D eigenvalue weighted by Crippen LogP contribution is 2.70. The second-order valence-electron chi connectivity index (χ2n) is 21.4. The van der Waals surface area contributed by atoms with Gasteiger partial charge in [-0.05, 0) is 110 Å². The average molecular weight is 707 g/mol. The molecule has 0 aromatic heterocycles. The van der Waals surface area contributed by atoms with Gasteiger partial charge in [0.2, 0.25) is 0 Å². The summed E-state index contributed by atoms with van der Waals surface area (Å²) in [5.41, 5.74) is 1.54. The number of ether oxygens (including phenoxy) is 2. The summed E-state index contributed by atoms with van der Waals surface area (Å²) in [6, 6.07) is 0. The summed E-state index contributed by atoms with van der Waals surface area (Å²) in [6.07, 6.45) is 9.57. The molecule has 1 saturated heterocycles. The van der Waals surface area contributed by atoms with Crippen molar-refractivity contribution in [1.82, 2.24) is 0 Å². The van der Waals surface area contributed by atoms with Crippen LogP contribution in [-0.4, -0.2) is 62.3 Å².